The second-order valence-electron chi connectivity index (χ2n) is 5.51. The zero-order valence-corrected chi connectivity index (χ0v) is 13.0. The van der Waals surface area contributed by atoms with Crippen LogP contribution < -0.4 is 4.74 Å². The number of ether oxygens (including phenoxy) is 1. The summed E-state index contributed by atoms with van der Waals surface area (Å²) in [5.41, 5.74) is 0.683. The summed E-state index contributed by atoms with van der Waals surface area (Å²) in [6, 6.07) is 12.0. The quantitative estimate of drug-likeness (QED) is 0.480. The number of unbranched alkanes of at least 4 members (excludes halogenated alkanes) is 4. The molecule has 0 spiro atoms. The Morgan fingerprint density at radius 1 is 1.00 bits per heavy atom. The van der Waals surface area contributed by atoms with E-state index in [1.54, 1.807) is 6.92 Å². The van der Waals surface area contributed by atoms with E-state index in [1.807, 2.05) is 36.4 Å². The molecule has 0 bridgehead atoms. The fraction of sp³-hybridized carbons (Fsp3) is 0.421. The topological polar surface area (TPSA) is 26.3 Å². The Labute approximate surface area is 127 Å². The molecule has 0 unspecified atom stereocenters. The normalized spacial score (nSPS) is 10.8. The van der Waals surface area contributed by atoms with Crippen LogP contribution in [-0.2, 0) is 0 Å². The van der Waals surface area contributed by atoms with Crippen molar-refractivity contribution in [2.45, 2.75) is 46.0 Å². The third-order valence-electron chi connectivity index (χ3n) is 3.73. The number of fused-ring (bicyclic) bond motifs is 1. The predicted octanol–water partition coefficient (Wildman–Crippen LogP) is 5.39. The van der Waals surface area contributed by atoms with Crippen LogP contribution in [0.1, 0.15) is 56.3 Å². The zero-order chi connectivity index (χ0) is 15.1. The summed E-state index contributed by atoms with van der Waals surface area (Å²) in [5, 5.41) is 2.20. The third-order valence-corrected chi connectivity index (χ3v) is 3.73. The van der Waals surface area contributed by atoms with Crippen molar-refractivity contribution < 1.29 is 9.53 Å². The maximum absolute atomic E-state index is 11.8. The van der Waals surface area contributed by atoms with Gasteiger partial charge < -0.3 is 4.74 Å². The van der Waals surface area contributed by atoms with E-state index >= 15 is 0 Å². The summed E-state index contributed by atoms with van der Waals surface area (Å²) >= 11 is 0. The molecule has 0 N–H and O–H groups in total. The molecule has 2 rings (SSSR count). The van der Waals surface area contributed by atoms with Crippen LogP contribution in [0.3, 0.4) is 0 Å². The van der Waals surface area contributed by atoms with E-state index < -0.39 is 0 Å². The SMILES string of the molecule is CCCCCCCOc1cc2ccccc2cc1C(C)=O. The highest BCUT2D eigenvalue weighted by Crippen LogP contribution is 2.26. The molecule has 0 aromatic heterocycles. The van der Waals surface area contributed by atoms with Crippen molar-refractivity contribution in [1.29, 1.82) is 0 Å². The van der Waals surface area contributed by atoms with Crippen LogP contribution in [0.2, 0.25) is 0 Å². The molecule has 21 heavy (non-hydrogen) atoms. The molecule has 0 radical (unpaired) electrons. The molecule has 2 aromatic rings. The number of Topliss-reactive ketones (excluding diaryl/α,β-unsaturated/α-hetero) is 1. The van der Waals surface area contributed by atoms with Crippen molar-refractivity contribution in [3.05, 3.63) is 42.0 Å². The number of ketones is 1. The van der Waals surface area contributed by atoms with Gasteiger partial charge in [-0.25, -0.2) is 0 Å². The summed E-state index contributed by atoms with van der Waals surface area (Å²) in [7, 11) is 0. The van der Waals surface area contributed by atoms with Gasteiger partial charge in [-0.05, 0) is 36.2 Å². The van der Waals surface area contributed by atoms with Crippen molar-refractivity contribution in [2.75, 3.05) is 6.61 Å². The van der Waals surface area contributed by atoms with Crippen molar-refractivity contribution in [2.24, 2.45) is 0 Å². The summed E-state index contributed by atoms with van der Waals surface area (Å²) in [4.78, 5) is 11.8. The number of hydrogen-bond acceptors (Lipinski definition) is 2. The maximum Gasteiger partial charge on any atom is 0.163 e. The van der Waals surface area contributed by atoms with Crippen LogP contribution in [0.5, 0.6) is 5.75 Å². The van der Waals surface area contributed by atoms with Gasteiger partial charge in [-0.3, -0.25) is 4.79 Å². The fourth-order valence-electron chi connectivity index (χ4n) is 2.50. The van der Waals surface area contributed by atoms with Crippen LogP contribution >= 0.6 is 0 Å². The summed E-state index contributed by atoms with van der Waals surface area (Å²) in [6.07, 6.45) is 6.03. The largest absolute Gasteiger partial charge is 0.493 e. The number of hydrogen-bond donors (Lipinski definition) is 0. The standard InChI is InChI=1S/C19H24O2/c1-3-4-5-6-9-12-21-19-14-17-11-8-7-10-16(17)13-18(19)15(2)20/h7-8,10-11,13-14H,3-6,9,12H2,1-2H3. The second kappa shape index (κ2) is 7.82. The second-order valence-corrected chi connectivity index (χ2v) is 5.51. The average Bonchev–Trinajstić information content (AvgIpc) is 2.49. The van der Waals surface area contributed by atoms with Gasteiger partial charge in [0.1, 0.15) is 5.75 Å². The third kappa shape index (κ3) is 4.32. The Bertz CT molecular complexity index is 602. The highest BCUT2D eigenvalue weighted by Gasteiger charge is 2.10. The molecule has 0 fully saturated rings. The lowest BCUT2D eigenvalue weighted by Crippen LogP contribution is -2.03. The lowest BCUT2D eigenvalue weighted by Gasteiger charge is -2.11. The van der Waals surface area contributed by atoms with E-state index in [1.165, 1.54) is 25.7 Å². The minimum absolute atomic E-state index is 0.0572. The number of benzene rings is 2. The van der Waals surface area contributed by atoms with Gasteiger partial charge in [-0.1, -0.05) is 56.9 Å². The Balaban J connectivity index is 2.06. The van der Waals surface area contributed by atoms with Gasteiger partial charge >= 0.3 is 0 Å². The van der Waals surface area contributed by atoms with Gasteiger partial charge in [0.05, 0.1) is 12.2 Å². The van der Waals surface area contributed by atoms with Crippen LogP contribution in [0.4, 0.5) is 0 Å². The minimum atomic E-state index is 0.0572. The van der Waals surface area contributed by atoms with Crippen LogP contribution in [-0.4, -0.2) is 12.4 Å². The Morgan fingerprint density at radius 2 is 1.67 bits per heavy atom. The summed E-state index contributed by atoms with van der Waals surface area (Å²) in [5.74, 6) is 0.776. The van der Waals surface area contributed by atoms with Crippen molar-refractivity contribution in [3.8, 4) is 5.75 Å². The van der Waals surface area contributed by atoms with Gasteiger partial charge in [-0.2, -0.15) is 0 Å². The smallest absolute Gasteiger partial charge is 0.163 e. The van der Waals surface area contributed by atoms with Gasteiger partial charge in [0.2, 0.25) is 0 Å². The molecule has 112 valence electrons. The highest BCUT2D eigenvalue weighted by molar-refractivity contribution is 6.01. The molecule has 0 aliphatic carbocycles. The maximum atomic E-state index is 11.8. The summed E-state index contributed by atoms with van der Waals surface area (Å²) in [6.45, 7) is 4.49. The molecular formula is C19H24O2. The molecule has 2 aromatic carbocycles. The molecule has 2 nitrogen and oxygen atoms in total. The molecule has 0 saturated heterocycles. The Morgan fingerprint density at radius 3 is 2.33 bits per heavy atom. The minimum Gasteiger partial charge on any atom is -0.493 e. The molecule has 0 aliphatic rings. The molecule has 0 saturated carbocycles. The monoisotopic (exact) mass is 284 g/mol. The molecule has 2 heteroatoms. The first-order chi connectivity index (χ1) is 10.2. The van der Waals surface area contributed by atoms with E-state index in [0.29, 0.717) is 12.2 Å². The average molecular weight is 284 g/mol. The first-order valence-corrected chi connectivity index (χ1v) is 7.89. The van der Waals surface area contributed by atoms with Crippen molar-refractivity contribution >= 4 is 16.6 Å². The first kappa shape index (κ1) is 15.6. The fourth-order valence-corrected chi connectivity index (χ4v) is 2.50. The lowest BCUT2D eigenvalue weighted by atomic mass is 10.0. The van der Waals surface area contributed by atoms with E-state index in [-0.39, 0.29) is 5.78 Å². The van der Waals surface area contributed by atoms with Crippen LogP contribution in [0.15, 0.2) is 36.4 Å². The van der Waals surface area contributed by atoms with Crippen molar-refractivity contribution in [3.63, 3.8) is 0 Å². The molecule has 0 amide bonds. The molecular weight excluding hydrogens is 260 g/mol. The highest BCUT2D eigenvalue weighted by atomic mass is 16.5. The van der Waals surface area contributed by atoms with E-state index in [0.717, 1.165) is 22.9 Å². The lowest BCUT2D eigenvalue weighted by molar-refractivity contribution is 0.101. The Hall–Kier alpha value is -1.83. The predicted molar refractivity (Wildman–Crippen MR) is 88.2 cm³/mol. The van der Waals surface area contributed by atoms with E-state index in [2.05, 4.69) is 6.92 Å². The van der Waals surface area contributed by atoms with Gasteiger partial charge in [-0.15, -0.1) is 0 Å². The van der Waals surface area contributed by atoms with Gasteiger partial charge in [0, 0.05) is 0 Å². The number of carbonyl (C=O) groups excluding carboxylic acids is 1. The zero-order valence-electron chi connectivity index (χ0n) is 13.0. The van der Waals surface area contributed by atoms with Gasteiger partial charge in [0.25, 0.3) is 0 Å². The van der Waals surface area contributed by atoms with E-state index in [9.17, 15) is 4.79 Å². The van der Waals surface area contributed by atoms with Crippen LogP contribution in [0.25, 0.3) is 10.8 Å². The Kier molecular flexibility index (Phi) is 5.79. The first-order valence-electron chi connectivity index (χ1n) is 7.89. The van der Waals surface area contributed by atoms with Gasteiger partial charge in [0.15, 0.2) is 5.78 Å². The van der Waals surface area contributed by atoms with Crippen LogP contribution in [0, 0.1) is 0 Å². The number of rotatable bonds is 8. The molecule has 0 aliphatic heterocycles. The molecule has 0 heterocycles. The molecule has 0 atom stereocenters. The van der Waals surface area contributed by atoms with E-state index in [4.69, 9.17) is 4.74 Å². The summed E-state index contributed by atoms with van der Waals surface area (Å²) < 4.78 is 5.87. The number of carbonyl (C=O) groups is 1. The van der Waals surface area contributed by atoms with Crippen molar-refractivity contribution in [1.82, 2.24) is 0 Å².